The summed E-state index contributed by atoms with van der Waals surface area (Å²) >= 11 is 0. The first kappa shape index (κ1) is 17.2. The van der Waals surface area contributed by atoms with Crippen molar-refractivity contribution in [2.75, 3.05) is 20.8 Å². The summed E-state index contributed by atoms with van der Waals surface area (Å²) in [5.74, 6) is -1.74. The number of nitrogens with one attached hydrogen (secondary N) is 2. The highest BCUT2D eigenvalue weighted by atomic mass is 16.5. The molecule has 0 spiro atoms. The number of amides is 2. The zero-order chi connectivity index (χ0) is 14.8. The maximum atomic E-state index is 11.5. The lowest BCUT2D eigenvalue weighted by atomic mass is 10.1. The molecule has 0 heterocycles. The lowest BCUT2D eigenvalue weighted by Gasteiger charge is -2.17. The number of carboxylic acids is 1. The van der Waals surface area contributed by atoms with Crippen LogP contribution in [0.15, 0.2) is 0 Å². The number of hydrogen-bond donors (Lipinski definition) is 3. The highest BCUT2D eigenvalue weighted by Gasteiger charge is 2.21. The Kier molecular flexibility index (Phi) is 8.27. The first-order valence-corrected chi connectivity index (χ1v) is 5.76. The molecule has 0 rings (SSSR count). The van der Waals surface area contributed by atoms with Gasteiger partial charge in [-0.1, -0.05) is 0 Å². The highest BCUT2D eigenvalue weighted by molar-refractivity contribution is 5.83. The minimum atomic E-state index is -1.21. The Balaban J connectivity index is 4.22. The fraction of sp³-hybridized carbons (Fsp3) is 0.727. The molecule has 8 nitrogen and oxygen atoms in total. The van der Waals surface area contributed by atoms with Gasteiger partial charge in [-0.25, -0.2) is 9.59 Å². The van der Waals surface area contributed by atoms with Gasteiger partial charge < -0.3 is 25.2 Å². The van der Waals surface area contributed by atoms with Crippen LogP contribution < -0.4 is 10.6 Å². The lowest BCUT2D eigenvalue weighted by molar-refractivity contribution is -0.142. The first-order valence-electron chi connectivity index (χ1n) is 5.76. The SMILES string of the molecule is COCC(C)NC(=O)N[C@@H](CCC(=O)OC)C(=O)O. The molecule has 8 heteroatoms. The van der Waals surface area contributed by atoms with Crippen molar-refractivity contribution in [1.82, 2.24) is 10.6 Å². The van der Waals surface area contributed by atoms with Crippen LogP contribution >= 0.6 is 0 Å². The average molecular weight is 276 g/mol. The molecule has 0 aliphatic heterocycles. The number of hydrogen-bond acceptors (Lipinski definition) is 5. The van der Waals surface area contributed by atoms with Crippen molar-refractivity contribution in [2.24, 2.45) is 0 Å². The van der Waals surface area contributed by atoms with Crippen molar-refractivity contribution in [3.8, 4) is 0 Å². The third-order valence-electron chi connectivity index (χ3n) is 2.26. The molecule has 0 saturated carbocycles. The maximum absolute atomic E-state index is 11.5. The van der Waals surface area contributed by atoms with Crippen LogP contribution in [-0.2, 0) is 19.1 Å². The summed E-state index contributed by atoms with van der Waals surface area (Å²) in [6, 6.07) is -2.02. The molecular formula is C11H20N2O6. The van der Waals surface area contributed by atoms with E-state index in [0.717, 1.165) is 0 Å². The highest BCUT2D eigenvalue weighted by Crippen LogP contribution is 1.99. The second-order valence-corrected chi connectivity index (χ2v) is 3.98. The predicted molar refractivity (Wildman–Crippen MR) is 65.7 cm³/mol. The van der Waals surface area contributed by atoms with Crippen molar-refractivity contribution < 1.29 is 29.0 Å². The van der Waals surface area contributed by atoms with Crippen LogP contribution in [0.25, 0.3) is 0 Å². The first-order chi connectivity index (χ1) is 8.90. The smallest absolute Gasteiger partial charge is 0.326 e. The third kappa shape index (κ3) is 7.98. The van der Waals surface area contributed by atoms with Crippen LogP contribution in [0, 0.1) is 0 Å². The molecule has 0 fully saturated rings. The Labute approximate surface area is 111 Å². The molecule has 0 radical (unpaired) electrons. The normalized spacial score (nSPS) is 13.2. The minimum absolute atomic E-state index is 0.0336. The molecule has 0 aromatic carbocycles. The molecular weight excluding hydrogens is 256 g/mol. The molecule has 0 aromatic rings. The molecule has 3 N–H and O–H groups in total. The Morgan fingerprint density at radius 2 is 1.84 bits per heavy atom. The van der Waals surface area contributed by atoms with Crippen LogP contribution in [0.3, 0.4) is 0 Å². The average Bonchev–Trinajstić information content (AvgIpc) is 2.33. The van der Waals surface area contributed by atoms with E-state index in [1.165, 1.54) is 14.2 Å². The maximum Gasteiger partial charge on any atom is 0.326 e. The van der Waals surface area contributed by atoms with Gasteiger partial charge in [-0.2, -0.15) is 0 Å². The van der Waals surface area contributed by atoms with Crippen LogP contribution in [0.1, 0.15) is 19.8 Å². The van der Waals surface area contributed by atoms with Gasteiger partial charge in [-0.15, -0.1) is 0 Å². The monoisotopic (exact) mass is 276 g/mol. The van der Waals surface area contributed by atoms with Gasteiger partial charge in [0.1, 0.15) is 6.04 Å². The van der Waals surface area contributed by atoms with Crippen LogP contribution in [0.5, 0.6) is 0 Å². The van der Waals surface area contributed by atoms with E-state index in [1.807, 2.05) is 0 Å². The van der Waals surface area contributed by atoms with E-state index in [-0.39, 0.29) is 18.9 Å². The number of carbonyl (C=O) groups excluding carboxylic acids is 2. The van der Waals surface area contributed by atoms with Crippen LogP contribution in [0.2, 0.25) is 0 Å². The zero-order valence-corrected chi connectivity index (χ0v) is 11.3. The van der Waals surface area contributed by atoms with Crippen molar-refractivity contribution in [3.63, 3.8) is 0 Å². The van der Waals surface area contributed by atoms with E-state index in [9.17, 15) is 14.4 Å². The largest absolute Gasteiger partial charge is 0.480 e. The molecule has 19 heavy (non-hydrogen) atoms. The van der Waals surface area contributed by atoms with Crippen LogP contribution in [-0.4, -0.2) is 56.0 Å². The molecule has 0 saturated heterocycles. The quantitative estimate of drug-likeness (QED) is 0.526. The summed E-state index contributed by atoms with van der Waals surface area (Å²) in [4.78, 5) is 33.4. The molecule has 0 aliphatic rings. The van der Waals surface area contributed by atoms with Crippen molar-refractivity contribution >= 4 is 18.0 Å². The summed E-state index contributed by atoms with van der Waals surface area (Å²) in [5.41, 5.74) is 0. The van der Waals surface area contributed by atoms with Gasteiger partial charge in [0.15, 0.2) is 0 Å². The van der Waals surface area contributed by atoms with Crippen molar-refractivity contribution in [3.05, 3.63) is 0 Å². The number of aliphatic carboxylic acids is 1. The van der Waals surface area contributed by atoms with E-state index >= 15 is 0 Å². The molecule has 110 valence electrons. The second kappa shape index (κ2) is 9.15. The van der Waals surface area contributed by atoms with Gasteiger partial charge in [0.2, 0.25) is 0 Å². The molecule has 2 amide bonds. The summed E-state index contributed by atoms with van der Waals surface area (Å²) in [7, 11) is 2.71. The van der Waals surface area contributed by atoms with E-state index in [4.69, 9.17) is 9.84 Å². The topological polar surface area (TPSA) is 114 Å². The standard InChI is InChI=1S/C11H20N2O6/c1-7(6-18-2)12-11(17)13-8(10(15)16)4-5-9(14)19-3/h7-8H,4-6H2,1-3H3,(H,15,16)(H2,12,13,17)/t7?,8-/m0/s1. The fourth-order valence-electron chi connectivity index (χ4n) is 1.34. The van der Waals surface area contributed by atoms with E-state index in [0.29, 0.717) is 6.61 Å². The van der Waals surface area contributed by atoms with E-state index in [1.54, 1.807) is 6.92 Å². The number of carbonyl (C=O) groups is 3. The predicted octanol–water partition coefficient (Wildman–Crippen LogP) is -0.273. The fourth-order valence-corrected chi connectivity index (χ4v) is 1.34. The van der Waals surface area contributed by atoms with Crippen molar-refractivity contribution in [1.29, 1.82) is 0 Å². The van der Waals surface area contributed by atoms with E-state index < -0.39 is 24.0 Å². The number of urea groups is 1. The molecule has 2 atom stereocenters. The second-order valence-electron chi connectivity index (χ2n) is 3.98. The number of methoxy groups -OCH3 is 2. The molecule has 0 aliphatic carbocycles. The Hall–Kier alpha value is -1.83. The van der Waals surface area contributed by atoms with Crippen LogP contribution in [0.4, 0.5) is 4.79 Å². The van der Waals surface area contributed by atoms with Gasteiger partial charge in [0.05, 0.1) is 19.8 Å². The number of rotatable bonds is 8. The third-order valence-corrected chi connectivity index (χ3v) is 2.26. The zero-order valence-electron chi connectivity index (χ0n) is 11.3. The molecule has 0 bridgehead atoms. The summed E-state index contributed by atoms with van der Waals surface area (Å²) < 4.78 is 9.24. The molecule has 1 unspecified atom stereocenters. The number of esters is 1. The Morgan fingerprint density at radius 1 is 1.21 bits per heavy atom. The van der Waals surface area contributed by atoms with Gasteiger partial charge in [-0.05, 0) is 13.3 Å². The summed E-state index contributed by atoms with van der Waals surface area (Å²) in [5, 5.41) is 13.7. The summed E-state index contributed by atoms with van der Waals surface area (Å²) in [6.45, 7) is 2.03. The van der Waals surface area contributed by atoms with E-state index in [2.05, 4.69) is 15.4 Å². The number of carboxylic acid groups (broad SMARTS) is 1. The van der Waals surface area contributed by atoms with Crippen molar-refractivity contribution in [2.45, 2.75) is 31.8 Å². The van der Waals surface area contributed by atoms with Gasteiger partial charge in [-0.3, -0.25) is 4.79 Å². The molecule has 0 aromatic heterocycles. The Morgan fingerprint density at radius 3 is 2.32 bits per heavy atom. The number of ether oxygens (including phenoxy) is 2. The van der Waals surface area contributed by atoms with Gasteiger partial charge in [0.25, 0.3) is 0 Å². The van der Waals surface area contributed by atoms with Gasteiger partial charge in [0, 0.05) is 13.5 Å². The lowest BCUT2D eigenvalue weighted by Crippen LogP contribution is -2.49. The van der Waals surface area contributed by atoms with Gasteiger partial charge >= 0.3 is 18.0 Å². The summed E-state index contributed by atoms with van der Waals surface area (Å²) in [6.07, 6.45) is -0.116. The minimum Gasteiger partial charge on any atom is -0.480 e. The Bertz CT molecular complexity index is 320.